The van der Waals surface area contributed by atoms with Crippen molar-refractivity contribution in [1.82, 2.24) is 0 Å². The van der Waals surface area contributed by atoms with E-state index in [1.165, 1.54) is 18.4 Å². The van der Waals surface area contributed by atoms with Crippen LogP contribution in [0.3, 0.4) is 0 Å². The number of hydrogen-bond donors (Lipinski definition) is 1. The Morgan fingerprint density at radius 3 is 2.14 bits per heavy atom. The Kier molecular flexibility index (Phi) is 10.1. The minimum absolute atomic E-state index is 0.288. The molecule has 0 aliphatic heterocycles. The SMILES string of the molecule is CCC(C)(C)CC(C1=CC=C(COCCCC(O)OC(C)(C)C)CC1)C(C)(C)C. The standard InChI is InChI=1S/C26H48O3/c1-10-26(8,9)18-22(24(2,3)4)21-15-13-20(14-16-21)19-28-17-11-12-23(27)29-25(5,6)7/h13,15,22-23,27H,10-12,14,16-19H2,1-9H3. The van der Waals surface area contributed by atoms with Gasteiger partial charge in [-0.3, -0.25) is 0 Å². The molecule has 1 aliphatic rings. The van der Waals surface area contributed by atoms with Gasteiger partial charge in [-0.2, -0.15) is 0 Å². The molecule has 0 amide bonds. The third kappa shape index (κ3) is 10.8. The highest BCUT2D eigenvalue weighted by molar-refractivity contribution is 5.27. The largest absolute Gasteiger partial charge is 0.377 e. The summed E-state index contributed by atoms with van der Waals surface area (Å²) < 4.78 is 11.4. The molecule has 0 radical (unpaired) electrons. The summed E-state index contributed by atoms with van der Waals surface area (Å²) in [5, 5.41) is 9.88. The molecule has 0 fully saturated rings. The number of aliphatic hydroxyl groups excluding tert-OH is 1. The topological polar surface area (TPSA) is 38.7 Å². The molecule has 3 heteroatoms. The first-order valence-corrected chi connectivity index (χ1v) is 11.6. The summed E-state index contributed by atoms with van der Waals surface area (Å²) in [6, 6.07) is 0. The molecule has 0 aromatic rings. The van der Waals surface area contributed by atoms with Crippen LogP contribution in [0, 0.1) is 16.7 Å². The van der Waals surface area contributed by atoms with Crippen LogP contribution in [0.15, 0.2) is 23.3 Å². The van der Waals surface area contributed by atoms with Crippen LogP contribution < -0.4 is 0 Å². The summed E-state index contributed by atoms with van der Waals surface area (Å²) in [7, 11) is 0. The average Bonchev–Trinajstić information content (AvgIpc) is 2.58. The highest BCUT2D eigenvalue weighted by atomic mass is 16.6. The smallest absolute Gasteiger partial charge is 0.155 e. The fourth-order valence-electron chi connectivity index (χ4n) is 3.83. The van der Waals surface area contributed by atoms with Crippen LogP contribution in [-0.2, 0) is 9.47 Å². The van der Waals surface area contributed by atoms with Gasteiger partial charge >= 0.3 is 0 Å². The lowest BCUT2D eigenvalue weighted by Gasteiger charge is -2.39. The molecule has 2 atom stereocenters. The fraction of sp³-hybridized carbons (Fsp3) is 0.846. The van der Waals surface area contributed by atoms with Crippen molar-refractivity contribution in [3.63, 3.8) is 0 Å². The van der Waals surface area contributed by atoms with Crippen molar-refractivity contribution in [2.24, 2.45) is 16.7 Å². The number of allylic oxidation sites excluding steroid dienone is 3. The van der Waals surface area contributed by atoms with E-state index in [1.807, 2.05) is 20.8 Å². The molecule has 0 saturated carbocycles. The summed E-state index contributed by atoms with van der Waals surface area (Å²) in [6.45, 7) is 21.5. The van der Waals surface area contributed by atoms with Gasteiger partial charge in [0.05, 0.1) is 12.2 Å². The Hall–Kier alpha value is -0.640. The van der Waals surface area contributed by atoms with Gasteiger partial charge in [0.2, 0.25) is 0 Å². The van der Waals surface area contributed by atoms with E-state index in [2.05, 4.69) is 53.7 Å². The van der Waals surface area contributed by atoms with E-state index in [4.69, 9.17) is 9.47 Å². The number of rotatable bonds is 11. The van der Waals surface area contributed by atoms with Crippen LogP contribution in [0.4, 0.5) is 0 Å². The fourth-order valence-corrected chi connectivity index (χ4v) is 3.83. The maximum Gasteiger partial charge on any atom is 0.155 e. The predicted octanol–water partition coefficient (Wildman–Crippen LogP) is 7.05. The van der Waals surface area contributed by atoms with Gasteiger partial charge in [0.25, 0.3) is 0 Å². The van der Waals surface area contributed by atoms with Crippen molar-refractivity contribution in [1.29, 1.82) is 0 Å². The van der Waals surface area contributed by atoms with Gasteiger partial charge < -0.3 is 14.6 Å². The molecule has 0 spiro atoms. The molecule has 1 N–H and O–H groups in total. The first-order valence-electron chi connectivity index (χ1n) is 11.6. The van der Waals surface area contributed by atoms with Crippen LogP contribution in [0.5, 0.6) is 0 Å². The molecule has 0 bridgehead atoms. The molecule has 0 saturated heterocycles. The maximum atomic E-state index is 9.88. The monoisotopic (exact) mass is 408 g/mol. The first-order chi connectivity index (χ1) is 13.2. The van der Waals surface area contributed by atoms with Gasteiger partial charge in [-0.25, -0.2) is 0 Å². The lowest BCUT2D eigenvalue weighted by Crippen LogP contribution is -2.29. The van der Waals surface area contributed by atoms with Gasteiger partial charge in [-0.15, -0.1) is 0 Å². The molecule has 0 aromatic carbocycles. The highest BCUT2D eigenvalue weighted by Crippen LogP contribution is 2.44. The van der Waals surface area contributed by atoms with E-state index in [-0.39, 0.29) is 11.0 Å². The summed E-state index contributed by atoms with van der Waals surface area (Å²) in [4.78, 5) is 0. The molecule has 0 heterocycles. The molecule has 3 nitrogen and oxygen atoms in total. The molecular weight excluding hydrogens is 360 g/mol. The summed E-state index contributed by atoms with van der Waals surface area (Å²) in [5.41, 5.74) is 3.34. The van der Waals surface area contributed by atoms with E-state index >= 15 is 0 Å². The molecular formula is C26H48O3. The van der Waals surface area contributed by atoms with Crippen molar-refractivity contribution in [3.05, 3.63) is 23.3 Å². The Morgan fingerprint density at radius 1 is 1.00 bits per heavy atom. The van der Waals surface area contributed by atoms with E-state index in [9.17, 15) is 5.11 Å². The second-order valence-corrected chi connectivity index (χ2v) is 11.6. The number of ether oxygens (including phenoxy) is 2. The van der Waals surface area contributed by atoms with Crippen LogP contribution in [-0.4, -0.2) is 30.2 Å². The van der Waals surface area contributed by atoms with E-state index in [0.29, 0.717) is 31.0 Å². The molecule has 1 rings (SSSR count). The zero-order valence-corrected chi connectivity index (χ0v) is 20.7. The first kappa shape index (κ1) is 26.4. The van der Waals surface area contributed by atoms with Crippen molar-refractivity contribution in [2.75, 3.05) is 13.2 Å². The second-order valence-electron chi connectivity index (χ2n) is 11.6. The minimum Gasteiger partial charge on any atom is -0.377 e. The maximum absolute atomic E-state index is 9.88. The Bertz CT molecular complexity index is 543. The third-order valence-corrected chi connectivity index (χ3v) is 5.99. The molecule has 29 heavy (non-hydrogen) atoms. The quantitative estimate of drug-likeness (QED) is 0.294. The lowest BCUT2D eigenvalue weighted by molar-refractivity contribution is -0.169. The zero-order valence-electron chi connectivity index (χ0n) is 20.7. The van der Waals surface area contributed by atoms with Gasteiger partial charge in [-0.1, -0.05) is 65.7 Å². The van der Waals surface area contributed by atoms with E-state index in [1.54, 1.807) is 5.57 Å². The lowest BCUT2D eigenvalue weighted by atomic mass is 9.66. The second kappa shape index (κ2) is 11.1. The molecule has 1 aliphatic carbocycles. The predicted molar refractivity (Wildman–Crippen MR) is 124 cm³/mol. The van der Waals surface area contributed by atoms with Crippen LogP contribution in [0.1, 0.15) is 101 Å². The normalized spacial score (nSPS) is 18.3. The van der Waals surface area contributed by atoms with Crippen molar-refractivity contribution in [2.45, 2.75) is 113 Å². The number of hydrogen-bond acceptors (Lipinski definition) is 3. The van der Waals surface area contributed by atoms with Crippen LogP contribution in [0.2, 0.25) is 0 Å². The highest BCUT2D eigenvalue weighted by Gasteiger charge is 2.33. The zero-order chi connectivity index (χ0) is 22.3. The van der Waals surface area contributed by atoms with Crippen LogP contribution in [0.25, 0.3) is 0 Å². The van der Waals surface area contributed by atoms with Gasteiger partial charge in [-0.05, 0) is 68.8 Å². The van der Waals surface area contributed by atoms with Gasteiger partial charge in [0.15, 0.2) is 6.29 Å². The minimum atomic E-state index is -0.709. The number of aliphatic hydroxyl groups is 1. The Balaban J connectivity index is 2.50. The Morgan fingerprint density at radius 2 is 1.66 bits per heavy atom. The van der Waals surface area contributed by atoms with Gasteiger partial charge in [0, 0.05) is 13.0 Å². The summed E-state index contributed by atoms with van der Waals surface area (Å²) in [5.74, 6) is 0.625. The molecule has 0 aromatic heterocycles. The Labute approximate surface area is 180 Å². The average molecular weight is 409 g/mol. The van der Waals surface area contributed by atoms with Crippen molar-refractivity contribution < 1.29 is 14.6 Å². The summed E-state index contributed by atoms with van der Waals surface area (Å²) in [6.07, 6.45) is 10.1. The molecule has 2 unspecified atom stereocenters. The third-order valence-electron chi connectivity index (χ3n) is 5.99. The summed E-state index contributed by atoms with van der Waals surface area (Å²) >= 11 is 0. The van der Waals surface area contributed by atoms with Crippen molar-refractivity contribution >= 4 is 0 Å². The van der Waals surface area contributed by atoms with E-state index < -0.39 is 6.29 Å². The van der Waals surface area contributed by atoms with Crippen LogP contribution >= 0.6 is 0 Å². The van der Waals surface area contributed by atoms with Crippen molar-refractivity contribution in [3.8, 4) is 0 Å². The molecule has 170 valence electrons. The van der Waals surface area contributed by atoms with Gasteiger partial charge in [0.1, 0.15) is 0 Å². The van der Waals surface area contributed by atoms with E-state index in [0.717, 1.165) is 19.3 Å².